The van der Waals surface area contributed by atoms with Crippen LogP contribution in [0.1, 0.15) is 33.5 Å². The van der Waals surface area contributed by atoms with Crippen LogP contribution in [0.25, 0.3) is 0 Å². The highest BCUT2D eigenvalue weighted by molar-refractivity contribution is 5.97. The van der Waals surface area contributed by atoms with Gasteiger partial charge in [0.25, 0.3) is 0 Å². The number of ether oxygens (including phenoxy) is 1. The maximum absolute atomic E-state index is 12.5. The molecule has 0 saturated heterocycles. The summed E-state index contributed by atoms with van der Waals surface area (Å²) in [6, 6.07) is 14.0. The smallest absolute Gasteiger partial charge is 0.167 e. The van der Waals surface area contributed by atoms with Gasteiger partial charge in [0.2, 0.25) is 0 Å². The summed E-state index contributed by atoms with van der Waals surface area (Å²) >= 11 is 0. The first-order chi connectivity index (χ1) is 10.7. The predicted octanol–water partition coefficient (Wildman–Crippen LogP) is 2.94. The summed E-state index contributed by atoms with van der Waals surface area (Å²) in [5, 5.41) is 0. The van der Waals surface area contributed by atoms with Crippen LogP contribution >= 0.6 is 0 Å². The first kappa shape index (κ1) is 14.8. The summed E-state index contributed by atoms with van der Waals surface area (Å²) < 4.78 is 5.20. The molecular formula is C19H21NO2. The molecule has 2 aromatic rings. The van der Waals surface area contributed by atoms with Crippen LogP contribution in [0, 0.1) is 0 Å². The number of benzene rings is 2. The lowest BCUT2D eigenvalue weighted by Gasteiger charge is -2.21. The summed E-state index contributed by atoms with van der Waals surface area (Å²) in [5.74, 6) is 0.927. The van der Waals surface area contributed by atoms with Gasteiger partial charge in [0, 0.05) is 18.0 Å². The minimum atomic E-state index is 0.144. The second-order valence-electron chi connectivity index (χ2n) is 5.94. The molecular weight excluding hydrogens is 274 g/mol. The number of fused-ring (bicyclic) bond motifs is 1. The van der Waals surface area contributed by atoms with Crippen molar-refractivity contribution in [2.24, 2.45) is 5.73 Å². The molecule has 0 amide bonds. The summed E-state index contributed by atoms with van der Waals surface area (Å²) in [5.41, 5.74) is 10.3. The zero-order chi connectivity index (χ0) is 15.5. The van der Waals surface area contributed by atoms with Gasteiger partial charge in [-0.25, -0.2) is 0 Å². The SMILES string of the molecule is COc1cccc(CC(=O)c2ccc3c(c2)CCC(N)C3)c1. The van der Waals surface area contributed by atoms with Crippen molar-refractivity contribution in [2.45, 2.75) is 31.7 Å². The Hall–Kier alpha value is -2.13. The third-order valence-electron chi connectivity index (χ3n) is 4.29. The van der Waals surface area contributed by atoms with Gasteiger partial charge in [0.1, 0.15) is 5.75 Å². The zero-order valence-corrected chi connectivity index (χ0v) is 12.8. The Balaban J connectivity index is 1.77. The van der Waals surface area contributed by atoms with E-state index in [1.165, 1.54) is 11.1 Å². The van der Waals surface area contributed by atoms with Crippen LogP contribution in [0.15, 0.2) is 42.5 Å². The third kappa shape index (κ3) is 3.20. The van der Waals surface area contributed by atoms with Crippen molar-refractivity contribution in [3.8, 4) is 5.75 Å². The number of Topliss-reactive ketones (excluding diaryl/α,β-unsaturated/α-hetero) is 1. The molecule has 1 aliphatic rings. The average Bonchev–Trinajstić information content (AvgIpc) is 2.54. The number of aryl methyl sites for hydroxylation is 1. The topological polar surface area (TPSA) is 52.3 Å². The molecule has 1 atom stereocenters. The number of carbonyl (C=O) groups excluding carboxylic acids is 1. The highest BCUT2D eigenvalue weighted by atomic mass is 16.5. The molecule has 0 aliphatic heterocycles. The first-order valence-electron chi connectivity index (χ1n) is 7.69. The number of nitrogens with two attached hydrogens (primary N) is 1. The van der Waals surface area contributed by atoms with Crippen LogP contribution in [-0.4, -0.2) is 18.9 Å². The number of rotatable bonds is 4. The molecule has 0 radical (unpaired) electrons. The molecule has 3 nitrogen and oxygen atoms in total. The first-order valence-corrected chi connectivity index (χ1v) is 7.69. The summed E-state index contributed by atoms with van der Waals surface area (Å²) in [6.07, 6.45) is 3.28. The second kappa shape index (κ2) is 6.32. The molecule has 114 valence electrons. The number of ketones is 1. The normalized spacial score (nSPS) is 16.9. The summed E-state index contributed by atoms with van der Waals surface area (Å²) in [4.78, 5) is 12.5. The average molecular weight is 295 g/mol. The van der Waals surface area contributed by atoms with Crippen molar-refractivity contribution in [1.82, 2.24) is 0 Å². The van der Waals surface area contributed by atoms with Gasteiger partial charge >= 0.3 is 0 Å². The van der Waals surface area contributed by atoms with E-state index in [2.05, 4.69) is 6.07 Å². The van der Waals surface area contributed by atoms with Gasteiger partial charge in [0.05, 0.1) is 7.11 Å². The van der Waals surface area contributed by atoms with Crippen LogP contribution in [0.4, 0.5) is 0 Å². The van der Waals surface area contributed by atoms with Gasteiger partial charge in [-0.3, -0.25) is 4.79 Å². The number of carbonyl (C=O) groups is 1. The van der Waals surface area contributed by atoms with Gasteiger partial charge in [0.15, 0.2) is 5.78 Å². The van der Waals surface area contributed by atoms with Gasteiger partial charge < -0.3 is 10.5 Å². The van der Waals surface area contributed by atoms with Crippen molar-refractivity contribution in [1.29, 1.82) is 0 Å². The Bertz CT molecular complexity index is 694. The summed E-state index contributed by atoms with van der Waals surface area (Å²) in [7, 11) is 1.63. The van der Waals surface area contributed by atoms with Crippen molar-refractivity contribution < 1.29 is 9.53 Å². The van der Waals surface area contributed by atoms with Crippen LogP contribution in [0.3, 0.4) is 0 Å². The fourth-order valence-corrected chi connectivity index (χ4v) is 3.03. The van der Waals surface area contributed by atoms with Crippen LogP contribution in [-0.2, 0) is 19.3 Å². The van der Waals surface area contributed by atoms with Gasteiger partial charge in [-0.2, -0.15) is 0 Å². The van der Waals surface area contributed by atoms with Crippen LogP contribution < -0.4 is 10.5 Å². The van der Waals surface area contributed by atoms with E-state index in [0.29, 0.717) is 6.42 Å². The molecule has 0 spiro atoms. The highest BCUT2D eigenvalue weighted by Gasteiger charge is 2.17. The zero-order valence-electron chi connectivity index (χ0n) is 12.8. The molecule has 3 rings (SSSR count). The molecule has 1 unspecified atom stereocenters. The molecule has 2 N–H and O–H groups in total. The molecule has 0 heterocycles. The van der Waals surface area contributed by atoms with E-state index in [1.807, 2.05) is 36.4 Å². The number of hydrogen-bond donors (Lipinski definition) is 1. The Labute approximate surface area is 131 Å². The standard InChI is InChI=1S/C19H21NO2/c1-22-18-4-2-3-13(9-18)10-19(21)16-6-5-15-12-17(20)8-7-14(15)11-16/h2-6,9,11,17H,7-8,10,12,20H2,1H3. The molecule has 0 bridgehead atoms. The van der Waals surface area contributed by atoms with Gasteiger partial charge in [-0.05, 0) is 54.2 Å². The van der Waals surface area contributed by atoms with Crippen LogP contribution in [0.5, 0.6) is 5.75 Å². The molecule has 22 heavy (non-hydrogen) atoms. The lowest BCUT2D eigenvalue weighted by molar-refractivity contribution is 0.0993. The van der Waals surface area contributed by atoms with E-state index < -0.39 is 0 Å². The van der Waals surface area contributed by atoms with E-state index in [9.17, 15) is 4.79 Å². The number of hydrogen-bond acceptors (Lipinski definition) is 3. The van der Waals surface area contributed by atoms with Crippen LogP contribution in [0.2, 0.25) is 0 Å². The third-order valence-corrected chi connectivity index (χ3v) is 4.29. The monoisotopic (exact) mass is 295 g/mol. The molecule has 0 saturated carbocycles. The molecule has 3 heteroatoms. The van der Waals surface area contributed by atoms with E-state index in [1.54, 1.807) is 7.11 Å². The summed E-state index contributed by atoms with van der Waals surface area (Å²) in [6.45, 7) is 0. The maximum atomic E-state index is 12.5. The molecule has 2 aromatic carbocycles. The molecule has 0 fully saturated rings. The Morgan fingerprint density at radius 3 is 2.91 bits per heavy atom. The Morgan fingerprint density at radius 2 is 2.09 bits per heavy atom. The van der Waals surface area contributed by atoms with Gasteiger partial charge in [-0.1, -0.05) is 24.3 Å². The quantitative estimate of drug-likeness (QED) is 0.882. The van der Waals surface area contributed by atoms with Crippen molar-refractivity contribution >= 4 is 5.78 Å². The maximum Gasteiger partial charge on any atom is 0.167 e. The molecule has 1 aliphatic carbocycles. The lowest BCUT2D eigenvalue weighted by Crippen LogP contribution is -2.28. The molecule has 0 aromatic heterocycles. The minimum absolute atomic E-state index is 0.144. The second-order valence-corrected chi connectivity index (χ2v) is 5.94. The predicted molar refractivity (Wildman–Crippen MR) is 87.5 cm³/mol. The Kier molecular flexibility index (Phi) is 4.25. The van der Waals surface area contributed by atoms with Gasteiger partial charge in [-0.15, -0.1) is 0 Å². The largest absolute Gasteiger partial charge is 0.497 e. The van der Waals surface area contributed by atoms with E-state index in [0.717, 1.165) is 36.1 Å². The van der Waals surface area contributed by atoms with Crippen molar-refractivity contribution in [3.05, 3.63) is 64.7 Å². The van der Waals surface area contributed by atoms with Crippen molar-refractivity contribution in [3.63, 3.8) is 0 Å². The Morgan fingerprint density at radius 1 is 1.23 bits per heavy atom. The minimum Gasteiger partial charge on any atom is -0.497 e. The van der Waals surface area contributed by atoms with E-state index in [4.69, 9.17) is 10.5 Å². The number of methoxy groups -OCH3 is 1. The van der Waals surface area contributed by atoms with E-state index >= 15 is 0 Å². The lowest BCUT2D eigenvalue weighted by atomic mass is 9.87. The highest BCUT2D eigenvalue weighted by Crippen LogP contribution is 2.23. The fourth-order valence-electron chi connectivity index (χ4n) is 3.03. The van der Waals surface area contributed by atoms with Crippen molar-refractivity contribution in [2.75, 3.05) is 7.11 Å². The van der Waals surface area contributed by atoms with E-state index in [-0.39, 0.29) is 11.8 Å². The fraction of sp³-hybridized carbons (Fsp3) is 0.316.